The maximum atomic E-state index is 12.9. The van der Waals surface area contributed by atoms with Crippen molar-refractivity contribution in [1.82, 2.24) is 0 Å². The van der Waals surface area contributed by atoms with Gasteiger partial charge in [0.25, 0.3) is 20.2 Å². The molecule has 31 heavy (non-hydrogen) atoms. The predicted molar refractivity (Wildman–Crippen MR) is 117 cm³/mol. The maximum absolute atomic E-state index is 12.9. The van der Waals surface area contributed by atoms with Crippen LogP contribution in [0.5, 0.6) is 0 Å². The van der Waals surface area contributed by atoms with Crippen LogP contribution in [0.25, 0.3) is 0 Å². The Bertz CT molecular complexity index is 1180. The van der Waals surface area contributed by atoms with Crippen LogP contribution in [-0.4, -0.2) is 22.9 Å². The zero-order chi connectivity index (χ0) is 22.5. The third kappa shape index (κ3) is 5.80. The summed E-state index contributed by atoms with van der Waals surface area (Å²) >= 11 is 0. The van der Waals surface area contributed by atoms with Crippen LogP contribution in [0.3, 0.4) is 0 Å². The fourth-order valence-corrected chi connectivity index (χ4v) is 5.38. The van der Waals surface area contributed by atoms with Crippen LogP contribution in [0.1, 0.15) is 25.5 Å². The van der Waals surface area contributed by atoms with E-state index >= 15 is 0 Å². The van der Waals surface area contributed by atoms with Crippen LogP contribution in [-0.2, 0) is 28.6 Å². The largest absolute Gasteiger partial charge is 0.297 e. The van der Waals surface area contributed by atoms with E-state index < -0.39 is 38.4 Å². The number of benzene rings is 3. The molecule has 3 aromatic rings. The highest BCUT2D eigenvalue weighted by Crippen LogP contribution is 2.34. The lowest BCUT2D eigenvalue weighted by Crippen LogP contribution is -2.29. The zero-order valence-corrected chi connectivity index (χ0v) is 18.8. The molecule has 164 valence electrons. The second kappa shape index (κ2) is 9.74. The number of hydrogen-bond donors (Lipinski definition) is 0. The highest BCUT2D eigenvalue weighted by Gasteiger charge is 2.33. The van der Waals surface area contributed by atoms with E-state index in [1.165, 1.54) is 24.3 Å². The van der Waals surface area contributed by atoms with Gasteiger partial charge < -0.3 is 0 Å². The molecule has 0 fully saturated rings. The van der Waals surface area contributed by atoms with Gasteiger partial charge >= 0.3 is 0 Å². The molecule has 0 amide bonds. The Morgan fingerprint density at radius 1 is 0.581 bits per heavy atom. The van der Waals surface area contributed by atoms with Gasteiger partial charge in [-0.3, -0.25) is 8.37 Å². The molecular formula is C23H24O6S2. The van der Waals surface area contributed by atoms with E-state index in [-0.39, 0.29) is 9.79 Å². The van der Waals surface area contributed by atoms with Crippen LogP contribution >= 0.6 is 0 Å². The van der Waals surface area contributed by atoms with Gasteiger partial charge in [0.1, 0.15) is 6.10 Å². The van der Waals surface area contributed by atoms with Crippen LogP contribution < -0.4 is 0 Å². The average molecular weight is 461 g/mol. The maximum Gasteiger partial charge on any atom is 0.297 e. The molecule has 0 radical (unpaired) electrons. The molecule has 0 aliphatic carbocycles. The highest BCUT2D eigenvalue weighted by atomic mass is 32.2. The van der Waals surface area contributed by atoms with Gasteiger partial charge in [0.2, 0.25) is 0 Å². The lowest BCUT2D eigenvalue weighted by Gasteiger charge is -2.28. The fraction of sp³-hybridized carbons (Fsp3) is 0.217. The topological polar surface area (TPSA) is 86.7 Å². The Labute approximate surface area is 183 Å². The molecule has 0 N–H and O–H groups in total. The molecule has 0 saturated heterocycles. The molecule has 0 spiro atoms. The van der Waals surface area contributed by atoms with E-state index in [2.05, 4.69) is 0 Å². The van der Waals surface area contributed by atoms with Crippen LogP contribution in [0.4, 0.5) is 0 Å². The molecule has 0 heterocycles. The molecule has 0 aliphatic rings. The Morgan fingerprint density at radius 2 is 0.968 bits per heavy atom. The summed E-state index contributed by atoms with van der Waals surface area (Å²) in [7, 11) is -8.11. The van der Waals surface area contributed by atoms with Gasteiger partial charge in [-0.25, -0.2) is 0 Å². The van der Waals surface area contributed by atoms with Gasteiger partial charge in [0, 0.05) is 5.92 Å². The third-order valence-corrected chi connectivity index (χ3v) is 7.64. The van der Waals surface area contributed by atoms with Crippen molar-refractivity contribution in [2.75, 3.05) is 0 Å². The highest BCUT2D eigenvalue weighted by molar-refractivity contribution is 7.87. The van der Waals surface area contributed by atoms with E-state index in [1.54, 1.807) is 80.6 Å². The van der Waals surface area contributed by atoms with E-state index in [0.717, 1.165) is 0 Å². The molecule has 3 rings (SSSR count). The van der Waals surface area contributed by atoms with Gasteiger partial charge in [-0.1, -0.05) is 73.7 Å². The van der Waals surface area contributed by atoms with Crippen molar-refractivity contribution in [2.45, 2.75) is 35.8 Å². The van der Waals surface area contributed by atoms with Crippen LogP contribution in [0.2, 0.25) is 0 Å². The molecule has 3 unspecified atom stereocenters. The molecular weight excluding hydrogens is 436 g/mol. The van der Waals surface area contributed by atoms with Crippen molar-refractivity contribution in [3.63, 3.8) is 0 Å². The van der Waals surface area contributed by atoms with Crippen molar-refractivity contribution in [1.29, 1.82) is 0 Å². The van der Waals surface area contributed by atoms with Gasteiger partial charge in [-0.05, 0) is 36.8 Å². The normalized spacial score (nSPS) is 15.2. The molecule has 6 nitrogen and oxygen atoms in total. The first-order chi connectivity index (χ1) is 14.7. The quantitative estimate of drug-likeness (QED) is 0.435. The molecule has 0 aliphatic heterocycles. The second-order valence-electron chi connectivity index (χ2n) is 7.12. The molecule has 3 aromatic carbocycles. The minimum Gasteiger partial charge on any atom is -0.263 e. The molecule has 3 atom stereocenters. The first-order valence-electron chi connectivity index (χ1n) is 9.72. The van der Waals surface area contributed by atoms with Crippen molar-refractivity contribution in [3.8, 4) is 0 Å². The van der Waals surface area contributed by atoms with E-state index in [1.807, 2.05) is 0 Å². The van der Waals surface area contributed by atoms with Gasteiger partial charge in [0.15, 0.2) is 0 Å². The first kappa shape index (κ1) is 23.1. The summed E-state index contributed by atoms with van der Waals surface area (Å²) < 4.78 is 62.0. The Balaban J connectivity index is 1.89. The van der Waals surface area contributed by atoms with Gasteiger partial charge in [-0.15, -0.1) is 0 Å². The van der Waals surface area contributed by atoms with Crippen LogP contribution in [0, 0.1) is 5.92 Å². The first-order valence-corrected chi connectivity index (χ1v) is 12.5. The summed E-state index contributed by atoms with van der Waals surface area (Å²) in [5.41, 5.74) is 0.599. The predicted octanol–water partition coefficient (Wildman–Crippen LogP) is 4.56. The lowest BCUT2D eigenvalue weighted by molar-refractivity contribution is 0.0670. The average Bonchev–Trinajstić information content (AvgIpc) is 2.78. The molecule has 8 heteroatoms. The van der Waals surface area contributed by atoms with Gasteiger partial charge in [-0.2, -0.15) is 16.8 Å². The fourth-order valence-electron chi connectivity index (χ4n) is 3.04. The summed E-state index contributed by atoms with van der Waals surface area (Å²) in [5, 5.41) is 0. The summed E-state index contributed by atoms with van der Waals surface area (Å²) in [5.74, 6) is -0.612. The Morgan fingerprint density at radius 3 is 1.42 bits per heavy atom. The summed E-state index contributed by atoms with van der Waals surface area (Å²) in [6.07, 6.45) is -1.81. The standard InChI is InChI=1S/C23H24O6S2/c1-18(19(2)28-30(24,25)21-14-8-4-9-15-21)23(20-12-6-3-7-13-20)29-31(26,27)22-16-10-5-11-17-22/h3-19,23H,1-2H3. The minimum absolute atomic E-state index is 0.0219. The van der Waals surface area contributed by atoms with Crippen molar-refractivity contribution < 1.29 is 25.2 Å². The van der Waals surface area contributed by atoms with Crippen molar-refractivity contribution in [3.05, 3.63) is 96.6 Å². The summed E-state index contributed by atoms with van der Waals surface area (Å²) in [6, 6.07) is 24.4. The summed E-state index contributed by atoms with van der Waals surface area (Å²) in [4.78, 5) is 0.0525. The Hall–Kier alpha value is -2.52. The molecule has 0 bridgehead atoms. The van der Waals surface area contributed by atoms with Crippen molar-refractivity contribution in [2.24, 2.45) is 5.92 Å². The van der Waals surface area contributed by atoms with E-state index in [4.69, 9.17) is 8.37 Å². The summed E-state index contributed by atoms with van der Waals surface area (Å²) in [6.45, 7) is 3.28. The molecule has 0 saturated carbocycles. The van der Waals surface area contributed by atoms with Crippen LogP contribution in [0.15, 0.2) is 101 Å². The van der Waals surface area contributed by atoms with E-state index in [9.17, 15) is 16.8 Å². The third-order valence-electron chi connectivity index (χ3n) is 4.92. The minimum atomic E-state index is -4.09. The monoisotopic (exact) mass is 460 g/mol. The SMILES string of the molecule is CC(OS(=O)(=O)c1ccccc1)C(C)C(OS(=O)(=O)c1ccccc1)c1ccccc1. The second-order valence-corrected chi connectivity index (χ2v) is 10.3. The van der Waals surface area contributed by atoms with Crippen molar-refractivity contribution >= 4 is 20.2 Å². The Kier molecular flexibility index (Phi) is 7.27. The zero-order valence-electron chi connectivity index (χ0n) is 17.2. The van der Waals surface area contributed by atoms with Gasteiger partial charge in [0.05, 0.1) is 15.9 Å². The number of rotatable bonds is 9. The lowest BCUT2D eigenvalue weighted by atomic mass is 9.93. The van der Waals surface area contributed by atoms with E-state index in [0.29, 0.717) is 5.56 Å². The molecule has 0 aromatic heterocycles. The number of hydrogen-bond acceptors (Lipinski definition) is 6. The smallest absolute Gasteiger partial charge is 0.263 e.